The maximum Gasteiger partial charge on any atom is 0.337 e. The number of carbonyl (C=O) groups excluding carboxylic acids is 1. The molecule has 0 spiro atoms. The highest BCUT2D eigenvalue weighted by atomic mass is 79.9. The molecule has 13 heavy (non-hydrogen) atoms. The largest absolute Gasteiger partial charge is 0.466 e. The zero-order valence-electron chi connectivity index (χ0n) is 7.54. The summed E-state index contributed by atoms with van der Waals surface area (Å²) < 4.78 is 11.2. The van der Waals surface area contributed by atoms with Crippen LogP contribution in [0.1, 0.15) is 13.3 Å². The first-order valence-corrected chi connectivity index (χ1v) is 5.07. The van der Waals surface area contributed by atoms with Gasteiger partial charge in [-0.05, 0) is 12.3 Å². The summed E-state index contributed by atoms with van der Waals surface area (Å²) in [5.41, 5.74) is 0.672. The minimum absolute atomic E-state index is 0.0631. The predicted molar refractivity (Wildman–Crippen MR) is 50.4 cm³/mol. The molecule has 2 rings (SSSR count). The molecule has 3 nitrogen and oxygen atoms in total. The highest BCUT2D eigenvalue weighted by Gasteiger charge is 2.47. The van der Waals surface area contributed by atoms with E-state index >= 15 is 0 Å². The summed E-state index contributed by atoms with van der Waals surface area (Å²) in [6.45, 7) is 2.09. The van der Waals surface area contributed by atoms with E-state index in [2.05, 4.69) is 22.9 Å². The number of hydrogen-bond acceptors (Lipinski definition) is 3. The van der Waals surface area contributed by atoms with E-state index in [1.807, 2.05) is 0 Å². The van der Waals surface area contributed by atoms with Crippen molar-refractivity contribution in [3.63, 3.8) is 0 Å². The molecule has 0 aromatic carbocycles. The summed E-state index contributed by atoms with van der Waals surface area (Å²) in [4.78, 5) is 11.4. The molecule has 0 aliphatic carbocycles. The highest BCUT2D eigenvalue weighted by Crippen LogP contribution is 2.45. The molecule has 0 aromatic heterocycles. The van der Waals surface area contributed by atoms with Gasteiger partial charge >= 0.3 is 5.97 Å². The minimum Gasteiger partial charge on any atom is -0.466 e. The van der Waals surface area contributed by atoms with Gasteiger partial charge in [0.1, 0.15) is 0 Å². The molecule has 4 heteroatoms. The van der Waals surface area contributed by atoms with Crippen molar-refractivity contribution in [1.29, 1.82) is 0 Å². The Morgan fingerprint density at radius 3 is 2.92 bits per heavy atom. The van der Waals surface area contributed by atoms with E-state index in [0.29, 0.717) is 11.5 Å². The number of ether oxygens (including phenoxy) is 2. The zero-order valence-corrected chi connectivity index (χ0v) is 9.13. The summed E-state index contributed by atoms with van der Waals surface area (Å²) in [7, 11) is 1.40. The Balaban J connectivity index is 2.32. The van der Waals surface area contributed by atoms with Crippen molar-refractivity contribution in [2.24, 2.45) is 5.92 Å². The molecule has 2 heterocycles. The van der Waals surface area contributed by atoms with Crippen LogP contribution in [0, 0.1) is 5.92 Å². The van der Waals surface area contributed by atoms with Gasteiger partial charge in [0.15, 0.2) is 0 Å². The maximum atomic E-state index is 11.4. The van der Waals surface area contributed by atoms with Crippen LogP contribution in [-0.2, 0) is 14.3 Å². The Morgan fingerprint density at radius 2 is 2.38 bits per heavy atom. The van der Waals surface area contributed by atoms with Gasteiger partial charge in [-0.1, -0.05) is 22.9 Å². The lowest BCUT2D eigenvalue weighted by Gasteiger charge is -2.16. The number of esters is 1. The van der Waals surface area contributed by atoms with Crippen LogP contribution in [0.15, 0.2) is 10.1 Å². The lowest BCUT2D eigenvalue weighted by atomic mass is 9.90. The molecule has 0 aromatic rings. The van der Waals surface area contributed by atoms with Gasteiger partial charge in [0.2, 0.25) is 0 Å². The number of methoxy groups -OCH3 is 1. The average Bonchev–Trinajstić information content (AvgIpc) is 2.60. The Morgan fingerprint density at radius 1 is 1.69 bits per heavy atom. The zero-order chi connectivity index (χ0) is 9.59. The van der Waals surface area contributed by atoms with E-state index in [0.717, 1.165) is 10.9 Å². The Bertz CT molecular complexity index is 285. The highest BCUT2D eigenvalue weighted by molar-refractivity contribution is 9.11. The normalized spacial score (nSPS) is 37.0. The van der Waals surface area contributed by atoms with Crippen molar-refractivity contribution in [1.82, 2.24) is 0 Å². The minimum atomic E-state index is -0.272. The first-order valence-electron chi connectivity index (χ1n) is 4.28. The van der Waals surface area contributed by atoms with E-state index in [9.17, 15) is 4.79 Å². The van der Waals surface area contributed by atoms with Crippen LogP contribution in [0.2, 0.25) is 0 Å². The number of carbonyl (C=O) groups is 1. The standard InChI is InChI=1S/C9H11BrO3/c1-4-3-5-7(10)6(8(4)13-5)9(11)12-2/h4-5,8H,3H2,1-2H3/t4-,5+,8-/m1/s1. The molecule has 0 saturated carbocycles. The Hall–Kier alpha value is -0.350. The van der Waals surface area contributed by atoms with Crippen LogP contribution in [-0.4, -0.2) is 25.3 Å². The van der Waals surface area contributed by atoms with E-state index in [1.54, 1.807) is 0 Å². The number of hydrogen-bond donors (Lipinski definition) is 0. The number of fused-ring (bicyclic) bond motifs is 2. The fourth-order valence-corrected chi connectivity index (χ4v) is 2.66. The molecule has 2 aliphatic rings. The average molecular weight is 247 g/mol. The first-order chi connectivity index (χ1) is 6.15. The lowest BCUT2D eigenvalue weighted by molar-refractivity contribution is -0.137. The van der Waals surface area contributed by atoms with E-state index in [1.165, 1.54) is 7.11 Å². The third kappa shape index (κ3) is 1.23. The smallest absolute Gasteiger partial charge is 0.337 e. The maximum absolute atomic E-state index is 11.4. The van der Waals surface area contributed by atoms with Crippen LogP contribution in [0.3, 0.4) is 0 Å². The molecule has 2 aliphatic heterocycles. The molecule has 3 atom stereocenters. The van der Waals surface area contributed by atoms with Crippen LogP contribution in [0.5, 0.6) is 0 Å². The summed E-state index contributed by atoms with van der Waals surface area (Å²) in [5, 5.41) is 0. The van der Waals surface area contributed by atoms with Crippen molar-refractivity contribution in [2.75, 3.05) is 7.11 Å². The summed E-state index contributed by atoms with van der Waals surface area (Å²) in [6.07, 6.45) is 1.01. The second-order valence-corrected chi connectivity index (χ2v) is 4.37. The van der Waals surface area contributed by atoms with Crippen LogP contribution in [0.25, 0.3) is 0 Å². The Labute approximate surface area is 85.2 Å². The van der Waals surface area contributed by atoms with Crippen molar-refractivity contribution in [3.05, 3.63) is 10.1 Å². The summed E-state index contributed by atoms with van der Waals surface area (Å²) >= 11 is 3.38. The van der Waals surface area contributed by atoms with E-state index in [-0.39, 0.29) is 18.2 Å². The fraction of sp³-hybridized carbons (Fsp3) is 0.667. The van der Waals surface area contributed by atoms with Gasteiger partial charge in [-0.3, -0.25) is 0 Å². The molecule has 0 amide bonds. The molecular weight excluding hydrogens is 236 g/mol. The van der Waals surface area contributed by atoms with Crippen molar-refractivity contribution < 1.29 is 14.3 Å². The fourth-order valence-electron chi connectivity index (χ4n) is 1.98. The van der Waals surface area contributed by atoms with Crippen molar-refractivity contribution >= 4 is 21.9 Å². The quantitative estimate of drug-likeness (QED) is 0.660. The molecule has 1 saturated heterocycles. The van der Waals surface area contributed by atoms with E-state index < -0.39 is 0 Å². The van der Waals surface area contributed by atoms with Crippen molar-refractivity contribution in [2.45, 2.75) is 25.6 Å². The third-order valence-corrected chi connectivity index (χ3v) is 3.58. The molecule has 72 valence electrons. The molecule has 0 N–H and O–H groups in total. The van der Waals surface area contributed by atoms with Gasteiger partial charge in [0, 0.05) is 4.48 Å². The predicted octanol–water partition coefficient (Wildman–Crippen LogP) is 1.62. The van der Waals surface area contributed by atoms with Crippen LogP contribution in [0.4, 0.5) is 0 Å². The van der Waals surface area contributed by atoms with Gasteiger partial charge in [0.05, 0.1) is 24.9 Å². The van der Waals surface area contributed by atoms with Crippen LogP contribution < -0.4 is 0 Å². The number of halogens is 1. The van der Waals surface area contributed by atoms with Crippen molar-refractivity contribution in [3.8, 4) is 0 Å². The molecule has 0 unspecified atom stereocenters. The Kier molecular flexibility index (Phi) is 2.20. The number of rotatable bonds is 1. The molecule has 2 bridgehead atoms. The summed E-state index contributed by atoms with van der Waals surface area (Å²) in [6, 6.07) is 0. The van der Waals surface area contributed by atoms with E-state index in [4.69, 9.17) is 9.47 Å². The van der Waals surface area contributed by atoms with Crippen LogP contribution >= 0.6 is 15.9 Å². The monoisotopic (exact) mass is 246 g/mol. The van der Waals surface area contributed by atoms with Gasteiger partial charge < -0.3 is 9.47 Å². The second-order valence-electron chi connectivity index (χ2n) is 3.51. The van der Waals surface area contributed by atoms with Gasteiger partial charge in [-0.2, -0.15) is 0 Å². The SMILES string of the molecule is COC(=O)C1=C(Br)[C@@H]2C[C@@H](C)[C@H]1O2. The lowest BCUT2D eigenvalue weighted by Crippen LogP contribution is -2.23. The van der Waals surface area contributed by atoms with Gasteiger partial charge in [-0.25, -0.2) is 4.79 Å². The molecular formula is C9H11BrO3. The van der Waals surface area contributed by atoms with Gasteiger partial charge in [0.25, 0.3) is 0 Å². The molecule has 0 radical (unpaired) electrons. The molecule has 1 fully saturated rings. The topological polar surface area (TPSA) is 35.5 Å². The van der Waals surface area contributed by atoms with Gasteiger partial charge in [-0.15, -0.1) is 0 Å². The third-order valence-electron chi connectivity index (χ3n) is 2.64. The second kappa shape index (κ2) is 3.10. The summed E-state index contributed by atoms with van der Waals surface area (Å²) in [5.74, 6) is 0.145. The first kappa shape index (κ1) is 9.21.